The zero-order valence-electron chi connectivity index (χ0n) is 13.4. The highest BCUT2D eigenvalue weighted by Gasteiger charge is 2.31. The fourth-order valence-electron chi connectivity index (χ4n) is 2.99. The second kappa shape index (κ2) is 6.14. The van der Waals surface area contributed by atoms with E-state index in [1.807, 2.05) is 6.07 Å². The molecule has 0 bridgehead atoms. The molecule has 1 aliphatic carbocycles. The molecular weight excluding hydrogens is 404 g/mol. The van der Waals surface area contributed by atoms with E-state index in [1.165, 1.54) is 4.31 Å². The molecule has 0 atom stereocenters. The minimum Gasteiger partial charge on any atom is -0.349 e. The van der Waals surface area contributed by atoms with Crippen molar-refractivity contribution in [2.75, 3.05) is 10.8 Å². The lowest BCUT2D eigenvalue weighted by molar-refractivity contribution is 0.0951. The summed E-state index contributed by atoms with van der Waals surface area (Å²) in [4.78, 5) is 12.4. The molecule has 1 N–H and O–H groups in total. The number of nitrogens with one attached hydrogen (secondary N) is 1. The molecule has 130 valence electrons. The first-order valence-corrected chi connectivity index (χ1v) is 10.4. The van der Waals surface area contributed by atoms with Crippen LogP contribution < -0.4 is 9.62 Å². The molecular formula is C18H17BrN2O3S. The SMILES string of the molecule is O=C(NC1CC1)c1ccc2c(c1)CCN2S(=O)(=O)c1ccc(Br)cc1. The van der Waals surface area contributed by atoms with Crippen molar-refractivity contribution in [1.29, 1.82) is 0 Å². The molecule has 0 radical (unpaired) electrons. The van der Waals surface area contributed by atoms with Crippen LogP contribution in [0.3, 0.4) is 0 Å². The van der Waals surface area contributed by atoms with Gasteiger partial charge in [-0.15, -0.1) is 0 Å². The molecule has 0 spiro atoms. The minimum atomic E-state index is -3.60. The van der Waals surface area contributed by atoms with Gasteiger partial charge in [-0.2, -0.15) is 0 Å². The summed E-state index contributed by atoms with van der Waals surface area (Å²) in [5.74, 6) is -0.0838. The standard InChI is InChI=1S/C18H17BrN2O3S/c19-14-2-6-16(7-3-14)25(23,24)21-10-9-12-11-13(1-8-17(12)21)18(22)20-15-4-5-15/h1-3,6-8,11,15H,4-5,9-10H2,(H,20,22). The van der Waals surface area contributed by atoms with Gasteiger partial charge in [0.05, 0.1) is 10.6 Å². The maximum absolute atomic E-state index is 12.9. The van der Waals surface area contributed by atoms with Gasteiger partial charge in [0.15, 0.2) is 0 Å². The molecule has 2 aromatic rings. The van der Waals surface area contributed by atoms with Crippen molar-refractivity contribution in [3.63, 3.8) is 0 Å². The van der Waals surface area contributed by atoms with E-state index in [9.17, 15) is 13.2 Å². The summed E-state index contributed by atoms with van der Waals surface area (Å²) in [6.45, 7) is 0.390. The average Bonchev–Trinajstić information content (AvgIpc) is 3.30. The molecule has 2 aromatic carbocycles. The Morgan fingerprint density at radius 2 is 1.84 bits per heavy atom. The van der Waals surface area contributed by atoms with Crippen LogP contribution in [-0.2, 0) is 16.4 Å². The molecule has 2 aliphatic rings. The Kier molecular flexibility index (Phi) is 4.08. The predicted octanol–water partition coefficient (Wildman–Crippen LogP) is 3.09. The quantitative estimate of drug-likeness (QED) is 0.825. The Balaban J connectivity index is 1.63. The monoisotopic (exact) mass is 420 g/mol. The summed E-state index contributed by atoms with van der Waals surface area (Å²) in [5, 5.41) is 2.96. The Bertz CT molecular complexity index is 937. The van der Waals surface area contributed by atoms with Gasteiger partial charge < -0.3 is 5.32 Å². The summed E-state index contributed by atoms with van der Waals surface area (Å²) in [7, 11) is -3.60. The number of amides is 1. The minimum absolute atomic E-state index is 0.0838. The van der Waals surface area contributed by atoms with Gasteiger partial charge in [0.1, 0.15) is 0 Å². The molecule has 0 unspecified atom stereocenters. The first-order valence-electron chi connectivity index (χ1n) is 8.17. The lowest BCUT2D eigenvalue weighted by Crippen LogP contribution is -2.29. The molecule has 0 aromatic heterocycles. The fraction of sp³-hybridized carbons (Fsp3) is 0.278. The number of anilines is 1. The van der Waals surface area contributed by atoms with Crippen molar-refractivity contribution in [3.05, 3.63) is 58.1 Å². The molecule has 1 heterocycles. The Morgan fingerprint density at radius 3 is 2.52 bits per heavy atom. The van der Waals surface area contributed by atoms with Gasteiger partial charge >= 0.3 is 0 Å². The highest BCUT2D eigenvalue weighted by molar-refractivity contribution is 9.10. The largest absolute Gasteiger partial charge is 0.349 e. The van der Waals surface area contributed by atoms with Gasteiger partial charge in [-0.3, -0.25) is 9.10 Å². The molecule has 1 saturated carbocycles. The number of nitrogens with zero attached hydrogens (tertiary/aromatic N) is 1. The zero-order valence-corrected chi connectivity index (χ0v) is 15.8. The summed E-state index contributed by atoms with van der Waals surface area (Å²) >= 11 is 3.32. The van der Waals surface area contributed by atoms with Crippen molar-refractivity contribution in [1.82, 2.24) is 5.32 Å². The maximum Gasteiger partial charge on any atom is 0.264 e. The van der Waals surface area contributed by atoms with Crippen LogP contribution in [0.5, 0.6) is 0 Å². The van der Waals surface area contributed by atoms with E-state index < -0.39 is 10.0 Å². The second-order valence-corrected chi connectivity index (χ2v) is 9.15. The smallest absolute Gasteiger partial charge is 0.264 e. The van der Waals surface area contributed by atoms with Crippen molar-refractivity contribution >= 4 is 37.5 Å². The van der Waals surface area contributed by atoms with Crippen LogP contribution in [0.1, 0.15) is 28.8 Å². The molecule has 4 rings (SSSR count). The van der Waals surface area contributed by atoms with Crippen LogP contribution in [0.2, 0.25) is 0 Å². The van der Waals surface area contributed by atoms with E-state index in [1.54, 1.807) is 36.4 Å². The average molecular weight is 421 g/mol. The molecule has 1 aliphatic heterocycles. The van der Waals surface area contributed by atoms with E-state index in [0.29, 0.717) is 30.3 Å². The molecule has 1 amide bonds. The summed E-state index contributed by atoms with van der Waals surface area (Å²) in [6.07, 6.45) is 2.68. The van der Waals surface area contributed by atoms with Crippen molar-refractivity contribution in [3.8, 4) is 0 Å². The molecule has 0 saturated heterocycles. The van der Waals surface area contributed by atoms with Crippen molar-refractivity contribution in [2.24, 2.45) is 0 Å². The fourth-order valence-corrected chi connectivity index (χ4v) is 4.76. The highest BCUT2D eigenvalue weighted by atomic mass is 79.9. The van der Waals surface area contributed by atoms with Crippen molar-refractivity contribution < 1.29 is 13.2 Å². The maximum atomic E-state index is 12.9. The third-order valence-corrected chi connectivity index (χ3v) is 6.86. The Labute approximate surface area is 155 Å². The van der Waals surface area contributed by atoms with Gasteiger partial charge in [0.2, 0.25) is 0 Å². The second-order valence-electron chi connectivity index (χ2n) is 6.37. The van der Waals surface area contributed by atoms with Crippen LogP contribution in [0.25, 0.3) is 0 Å². The van der Waals surface area contributed by atoms with E-state index in [0.717, 1.165) is 22.9 Å². The number of carbonyl (C=O) groups is 1. The molecule has 5 nitrogen and oxygen atoms in total. The lowest BCUT2D eigenvalue weighted by atomic mass is 10.1. The van der Waals surface area contributed by atoms with Crippen LogP contribution >= 0.6 is 15.9 Å². The first-order chi connectivity index (χ1) is 11.9. The predicted molar refractivity (Wildman–Crippen MR) is 99.3 cm³/mol. The van der Waals surface area contributed by atoms with Crippen molar-refractivity contribution in [2.45, 2.75) is 30.2 Å². The van der Waals surface area contributed by atoms with Crippen LogP contribution in [0.15, 0.2) is 51.8 Å². The number of hydrogen-bond donors (Lipinski definition) is 1. The van der Waals surface area contributed by atoms with E-state index >= 15 is 0 Å². The number of fused-ring (bicyclic) bond motifs is 1. The Morgan fingerprint density at radius 1 is 1.12 bits per heavy atom. The van der Waals surface area contributed by atoms with Gasteiger partial charge in [0.25, 0.3) is 15.9 Å². The number of halogens is 1. The number of carbonyl (C=O) groups excluding carboxylic acids is 1. The van der Waals surface area contributed by atoms with Crippen LogP contribution in [0, 0.1) is 0 Å². The summed E-state index contributed by atoms with van der Waals surface area (Å²) in [6, 6.07) is 12.2. The van der Waals surface area contributed by atoms with E-state index in [2.05, 4.69) is 21.2 Å². The molecule has 25 heavy (non-hydrogen) atoms. The third kappa shape index (κ3) is 3.18. The van der Waals surface area contributed by atoms with Gasteiger partial charge in [-0.25, -0.2) is 8.42 Å². The number of benzene rings is 2. The van der Waals surface area contributed by atoms with Crippen LogP contribution in [-0.4, -0.2) is 26.9 Å². The van der Waals surface area contributed by atoms with E-state index in [-0.39, 0.29) is 10.8 Å². The van der Waals surface area contributed by atoms with Gasteiger partial charge in [0, 0.05) is 22.6 Å². The topological polar surface area (TPSA) is 66.5 Å². The van der Waals surface area contributed by atoms with Gasteiger partial charge in [-0.1, -0.05) is 15.9 Å². The van der Waals surface area contributed by atoms with E-state index in [4.69, 9.17) is 0 Å². The normalized spacial score (nSPS) is 16.6. The zero-order chi connectivity index (χ0) is 17.6. The number of hydrogen-bond acceptors (Lipinski definition) is 3. The summed E-state index contributed by atoms with van der Waals surface area (Å²) in [5.41, 5.74) is 2.14. The summed E-state index contributed by atoms with van der Waals surface area (Å²) < 4.78 is 28.1. The first kappa shape index (κ1) is 16.6. The number of rotatable bonds is 4. The highest BCUT2D eigenvalue weighted by Crippen LogP contribution is 2.34. The Hall–Kier alpha value is -1.86. The van der Waals surface area contributed by atoms with Crippen LogP contribution in [0.4, 0.5) is 5.69 Å². The lowest BCUT2D eigenvalue weighted by Gasteiger charge is -2.19. The third-order valence-electron chi connectivity index (χ3n) is 4.51. The van der Waals surface area contributed by atoms with Gasteiger partial charge in [-0.05, 0) is 67.3 Å². The molecule has 1 fully saturated rings. The molecule has 7 heteroatoms. The number of sulfonamides is 1.